The fourth-order valence-electron chi connectivity index (χ4n) is 1.47. The first-order valence-electron chi connectivity index (χ1n) is 5.06. The molecule has 90 valence electrons. The van der Waals surface area contributed by atoms with E-state index in [-0.39, 0.29) is 24.0 Å². The molecular formula is C12H17ClFNO. The normalized spacial score (nSPS) is 9.50. The Balaban J connectivity index is 0.00000225. The highest BCUT2D eigenvalue weighted by molar-refractivity contribution is 6.01. The molecule has 0 atom stereocenters. The van der Waals surface area contributed by atoms with Crippen molar-refractivity contribution in [3.8, 4) is 0 Å². The lowest BCUT2D eigenvalue weighted by Gasteiger charge is -2.16. The minimum atomic E-state index is -0.313. The summed E-state index contributed by atoms with van der Waals surface area (Å²) in [6.07, 6.45) is 1.32. The van der Waals surface area contributed by atoms with E-state index in [1.54, 1.807) is 25.1 Å². The highest BCUT2D eigenvalue weighted by atomic mass is 35.5. The second kappa shape index (κ2) is 6.48. The van der Waals surface area contributed by atoms with Gasteiger partial charge in [0.1, 0.15) is 5.82 Å². The molecule has 0 N–H and O–H groups in total. The third kappa shape index (κ3) is 3.49. The van der Waals surface area contributed by atoms with E-state index in [1.807, 2.05) is 6.92 Å². The molecule has 0 aromatic heterocycles. The Morgan fingerprint density at radius 3 is 2.50 bits per heavy atom. The molecule has 1 rings (SSSR count). The third-order valence-corrected chi connectivity index (χ3v) is 2.22. The Bertz CT molecular complexity index is 366. The predicted molar refractivity (Wildman–Crippen MR) is 67.2 cm³/mol. The summed E-state index contributed by atoms with van der Waals surface area (Å²) in [4.78, 5) is 13.5. The van der Waals surface area contributed by atoms with Crippen LogP contribution in [0, 0.1) is 5.82 Å². The zero-order valence-corrected chi connectivity index (χ0v) is 10.6. The van der Waals surface area contributed by atoms with E-state index in [0.717, 1.165) is 6.42 Å². The van der Waals surface area contributed by atoms with Gasteiger partial charge in [0.25, 0.3) is 0 Å². The van der Waals surface area contributed by atoms with Gasteiger partial charge in [-0.1, -0.05) is 6.92 Å². The SMILES string of the molecule is CCCC(=O)c1ccc(F)cc1N(C)C.Cl. The largest absolute Gasteiger partial charge is 0.377 e. The van der Waals surface area contributed by atoms with Gasteiger partial charge in [0, 0.05) is 31.8 Å². The molecule has 0 heterocycles. The smallest absolute Gasteiger partial charge is 0.164 e. The van der Waals surface area contributed by atoms with E-state index in [1.165, 1.54) is 12.1 Å². The van der Waals surface area contributed by atoms with E-state index in [4.69, 9.17) is 0 Å². The Morgan fingerprint density at radius 1 is 1.38 bits per heavy atom. The molecule has 0 unspecified atom stereocenters. The van der Waals surface area contributed by atoms with Crippen LogP contribution in [0.3, 0.4) is 0 Å². The van der Waals surface area contributed by atoms with Crippen molar-refractivity contribution in [2.24, 2.45) is 0 Å². The molecule has 0 bridgehead atoms. The van der Waals surface area contributed by atoms with Crippen LogP contribution in [0.5, 0.6) is 0 Å². The topological polar surface area (TPSA) is 20.3 Å². The molecule has 0 amide bonds. The molecule has 0 radical (unpaired) electrons. The van der Waals surface area contributed by atoms with E-state index in [2.05, 4.69) is 0 Å². The lowest BCUT2D eigenvalue weighted by molar-refractivity contribution is 0.0982. The first-order chi connectivity index (χ1) is 7.06. The molecule has 0 spiro atoms. The molecule has 16 heavy (non-hydrogen) atoms. The van der Waals surface area contributed by atoms with Crippen molar-refractivity contribution >= 4 is 23.9 Å². The van der Waals surface area contributed by atoms with Crippen molar-refractivity contribution in [1.29, 1.82) is 0 Å². The Labute approximate surface area is 102 Å². The monoisotopic (exact) mass is 245 g/mol. The van der Waals surface area contributed by atoms with Crippen LogP contribution in [0.4, 0.5) is 10.1 Å². The van der Waals surface area contributed by atoms with E-state index in [9.17, 15) is 9.18 Å². The maximum Gasteiger partial charge on any atom is 0.164 e. The number of rotatable bonds is 4. The van der Waals surface area contributed by atoms with Crippen molar-refractivity contribution in [1.82, 2.24) is 0 Å². The number of hydrogen-bond acceptors (Lipinski definition) is 2. The standard InChI is InChI=1S/C12H16FNO.ClH/c1-4-5-12(15)10-7-6-9(13)8-11(10)14(2)3;/h6-8H,4-5H2,1-3H3;1H. The highest BCUT2D eigenvalue weighted by Crippen LogP contribution is 2.21. The van der Waals surface area contributed by atoms with Crippen LogP contribution in [-0.2, 0) is 0 Å². The molecule has 0 aliphatic heterocycles. The zero-order valence-electron chi connectivity index (χ0n) is 9.79. The molecule has 2 nitrogen and oxygen atoms in total. The molecule has 0 saturated carbocycles. The number of carbonyl (C=O) groups is 1. The number of halogens is 2. The average Bonchev–Trinajstić information content (AvgIpc) is 2.17. The van der Waals surface area contributed by atoms with Gasteiger partial charge in [-0.3, -0.25) is 4.79 Å². The van der Waals surface area contributed by atoms with Gasteiger partial charge in [0.2, 0.25) is 0 Å². The van der Waals surface area contributed by atoms with Gasteiger partial charge in [-0.05, 0) is 24.6 Å². The summed E-state index contributed by atoms with van der Waals surface area (Å²) in [6.45, 7) is 1.96. The summed E-state index contributed by atoms with van der Waals surface area (Å²) in [5.41, 5.74) is 1.25. The average molecular weight is 246 g/mol. The summed E-state index contributed by atoms with van der Waals surface area (Å²) in [7, 11) is 3.61. The van der Waals surface area contributed by atoms with Gasteiger partial charge in [-0.15, -0.1) is 12.4 Å². The maximum absolute atomic E-state index is 13.0. The lowest BCUT2D eigenvalue weighted by atomic mass is 10.0. The minimum Gasteiger partial charge on any atom is -0.377 e. The van der Waals surface area contributed by atoms with Crippen molar-refractivity contribution in [3.05, 3.63) is 29.6 Å². The molecular weight excluding hydrogens is 229 g/mol. The van der Waals surface area contributed by atoms with Crippen molar-refractivity contribution < 1.29 is 9.18 Å². The van der Waals surface area contributed by atoms with E-state index >= 15 is 0 Å². The quantitative estimate of drug-likeness (QED) is 0.759. The number of benzene rings is 1. The highest BCUT2D eigenvalue weighted by Gasteiger charge is 2.12. The van der Waals surface area contributed by atoms with E-state index < -0.39 is 0 Å². The Morgan fingerprint density at radius 2 is 2.00 bits per heavy atom. The van der Waals surface area contributed by atoms with Gasteiger partial charge in [-0.2, -0.15) is 0 Å². The number of anilines is 1. The summed E-state index contributed by atoms with van der Waals surface area (Å²) in [5.74, 6) is -0.243. The van der Waals surface area contributed by atoms with Crippen LogP contribution in [0.25, 0.3) is 0 Å². The summed E-state index contributed by atoms with van der Waals surface area (Å²) < 4.78 is 13.0. The van der Waals surface area contributed by atoms with Crippen LogP contribution in [0.2, 0.25) is 0 Å². The van der Waals surface area contributed by atoms with Gasteiger partial charge in [0.05, 0.1) is 0 Å². The van der Waals surface area contributed by atoms with Gasteiger partial charge < -0.3 is 4.90 Å². The molecule has 0 saturated heterocycles. The minimum absolute atomic E-state index is 0. The number of ketones is 1. The summed E-state index contributed by atoms with van der Waals surface area (Å²) in [6, 6.07) is 4.28. The van der Waals surface area contributed by atoms with Gasteiger partial charge in [0.15, 0.2) is 5.78 Å². The Kier molecular flexibility index (Phi) is 6.04. The molecule has 4 heteroatoms. The lowest BCUT2D eigenvalue weighted by Crippen LogP contribution is -2.14. The molecule has 0 aliphatic carbocycles. The maximum atomic E-state index is 13.0. The van der Waals surface area contributed by atoms with Gasteiger partial charge >= 0.3 is 0 Å². The molecule has 1 aromatic rings. The van der Waals surface area contributed by atoms with Crippen molar-refractivity contribution in [2.45, 2.75) is 19.8 Å². The first kappa shape index (κ1) is 14.9. The third-order valence-electron chi connectivity index (χ3n) is 2.22. The molecule has 0 aliphatic rings. The summed E-state index contributed by atoms with van der Waals surface area (Å²) >= 11 is 0. The van der Waals surface area contributed by atoms with Gasteiger partial charge in [-0.25, -0.2) is 4.39 Å². The van der Waals surface area contributed by atoms with Crippen LogP contribution in [-0.4, -0.2) is 19.9 Å². The fourth-order valence-corrected chi connectivity index (χ4v) is 1.47. The second-order valence-corrected chi connectivity index (χ2v) is 3.73. The van der Waals surface area contributed by atoms with Crippen molar-refractivity contribution in [2.75, 3.05) is 19.0 Å². The first-order valence-corrected chi connectivity index (χ1v) is 5.06. The van der Waals surface area contributed by atoms with Crippen molar-refractivity contribution in [3.63, 3.8) is 0 Å². The number of nitrogens with zero attached hydrogens (tertiary/aromatic N) is 1. The van der Waals surface area contributed by atoms with Crippen LogP contribution in [0.1, 0.15) is 30.1 Å². The molecule has 0 fully saturated rings. The van der Waals surface area contributed by atoms with Crippen LogP contribution in [0.15, 0.2) is 18.2 Å². The zero-order chi connectivity index (χ0) is 11.4. The number of Topliss-reactive ketones (excluding diaryl/α,β-unsaturated/α-hetero) is 1. The predicted octanol–water partition coefficient (Wildman–Crippen LogP) is 3.30. The van der Waals surface area contributed by atoms with Crippen LogP contribution < -0.4 is 4.90 Å². The second-order valence-electron chi connectivity index (χ2n) is 3.73. The number of hydrogen-bond donors (Lipinski definition) is 0. The fraction of sp³-hybridized carbons (Fsp3) is 0.417. The number of carbonyl (C=O) groups excluding carboxylic acids is 1. The molecule has 1 aromatic carbocycles. The van der Waals surface area contributed by atoms with E-state index in [0.29, 0.717) is 17.7 Å². The summed E-state index contributed by atoms with van der Waals surface area (Å²) in [5, 5.41) is 0. The van der Waals surface area contributed by atoms with Crippen LogP contribution >= 0.6 is 12.4 Å². The Hall–Kier alpha value is -1.09.